The summed E-state index contributed by atoms with van der Waals surface area (Å²) in [4.78, 5) is 41.5. The Hall–Kier alpha value is -1.83. The second-order valence-corrected chi connectivity index (χ2v) is 24.8. The fraction of sp³-hybridized carbons (Fsp3) is 0.656. The number of carbonyl (C=O) groups excluding carboxylic acids is 3. The van der Waals surface area contributed by atoms with Crippen molar-refractivity contribution in [1.29, 1.82) is 0 Å². The van der Waals surface area contributed by atoms with Gasteiger partial charge in [0.05, 0.1) is 0 Å². The second-order valence-electron chi connectivity index (χ2n) is 12.0. The summed E-state index contributed by atoms with van der Waals surface area (Å²) in [7, 11) is 0. The average molecular weight is 644 g/mol. The first-order valence-electron chi connectivity index (χ1n) is 15.3. The van der Waals surface area contributed by atoms with Crippen LogP contribution in [0.1, 0.15) is 97.0 Å². The van der Waals surface area contributed by atoms with E-state index in [0.29, 0.717) is 19.3 Å². The number of hydrogen-bond acceptors (Lipinski definition) is 5. The number of ether oxygens (including phenoxy) is 2. The summed E-state index contributed by atoms with van der Waals surface area (Å²) in [5.74, 6) is -0.847. The van der Waals surface area contributed by atoms with E-state index in [0.717, 1.165) is 12.0 Å². The molecule has 1 spiro atoms. The number of fused-ring (bicyclic) bond motifs is 1. The van der Waals surface area contributed by atoms with Crippen molar-refractivity contribution < 1.29 is 23.9 Å². The van der Waals surface area contributed by atoms with Crippen LogP contribution in [0.15, 0.2) is 40.0 Å². The van der Waals surface area contributed by atoms with E-state index in [1.807, 2.05) is 30.3 Å². The number of nitrogens with zero attached hydrogens (tertiary/aromatic N) is 1. The van der Waals surface area contributed by atoms with Gasteiger partial charge in [-0.1, -0.05) is 0 Å². The van der Waals surface area contributed by atoms with Gasteiger partial charge in [-0.25, -0.2) is 0 Å². The summed E-state index contributed by atoms with van der Waals surface area (Å²) in [6, 6.07) is 8.93. The van der Waals surface area contributed by atoms with Gasteiger partial charge in [-0.05, 0) is 0 Å². The number of rotatable bonds is 13. The van der Waals surface area contributed by atoms with Crippen molar-refractivity contribution >= 4 is 36.2 Å². The Balaban J connectivity index is 1.67. The molecule has 7 heteroatoms. The molecule has 1 amide bonds. The molecule has 214 valence electrons. The molecule has 4 rings (SSSR count). The molecule has 0 aromatic heterocycles. The van der Waals surface area contributed by atoms with Crippen molar-refractivity contribution in [3.8, 4) is 0 Å². The van der Waals surface area contributed by atoms with Gasteiger partial charge in [-0.2, -0.15) is 0 Å². The van der Waals surface area contributed by atoms with E-state index in [1.165, 1.54) is 57.4 Å². The number of amides is 1. The predicted molar refractivity (Wildman–Crippen MR) is 156 cm³/mol. The van der Waals surface area contributed by atoms with E-state index in [2.05, 4.69) is 24.9 Å². The minimum atomic E-state index is -2.72. The van der Waals surface area contributed by atoms with Gasteiger partial charge >= 0.3 is 240 Å². The monoisotopic (exact) mass is 645 g/mol. The van der Waals surface area contributed by atoms with E-state index in [1.54, 1.807) is 4.90 Å². The van der Waals surface area contributed by atoms with Crippen LogP contribution < -0.4 is 0 Å². The van der Waals surface area contributed by atoms with Gasteiger partial charge in [0.25, 0.3) is 0 Å². The molecule has 3 heterocycles. The quantitative estimate of drug-likeness (QED) is 0.173. The van der Waals surface area contributed by atoms with Gasteiger partial charge in [0.1, 0.15) is 0 Å². The van der Waals surface area contributed by atoms with Gasteiger partial charge in [-0.3, -0.25) is 0 Å². The number of esters is 2. The first-order valence-corrected chi connectivity index (χ1v) is 23.0. The number of benzene rings is 1. The van der Waals surface area contributed by atoms with E-state index >= 15 is 0 Å². The molecule has 39 heavy (non-hydrogen) atoms. The number of unbranched alkanes of at least 4 members (excludes halogenated alkanes) is 3. The first kappa shape index (κ1) is 30.1. The Kier molecular flexibility index (Phi) is 10.6. The maximum absolute atomic E-state index is 14.0. The standard InChI is InChI=1S/C20H20NO5.3C4H9.Sn/c1-13-11-20(10-9-17(22)26-20)19(24)21-15(13)7-8-16(21)18(23)25-12-14-5-3-2-4-6-14;3*1-3-4-2;/h1-6,15-16H,7-12H2;3*1,3-4H2,2H3;/t15?,16-,20?;;;;/m0..../s1. The molecule has 2 unspecified atom stereocenters. The molecule has 3 aliphatic heterocycles. The van der Waals surface area contributed by atoms with E-state index in [9.17, 15) is 14.4 Å². The number of hydrogen-bond donors (Lipinski definition) is 0. The van der Waals surface area contributed by atoms with Crippen molar-refractivity contribution in [2.75, 3.05) is 0 Å². The first-order chi connectivity index (χ1) is 18.9. The van der Waals surface area contributed by atoms with Crippen molar-refractivity contribution in [3.63, 3.8) is 0 Å². The van der Waals surface area contributed by atoms with Crippen LogP contribution in [0.3, 0.4) is 0 Å². The molecule has 3 saturated heterocycles. The molecule has 0 saturated carbocycles. The molecule has 0 bridgehead atoms. The van der Waals surface area contributed by atoms with Crippen LogP contribution in [-0.2, 0) is 30.5 Å². The summed E-state index contributed by atoms with van der Waals surface area (Å²) in [6.07, 6.45) is 9.90. The zero-order chi connectivity index (χ0) is 27.9. The van der Waals surface area contributed by atoms with Crippen molar-refractivity contribution in [2.45, 2.75) is 129 Å². The average Bonchev–Trinajstić information content (AvgIpc) is 3.56. The van der Waals surface area contributed by atoms with Crippen LogP contribution in [0.2, 0.25) is 13.3 Å². The van der Waals surface area contributed by atoms with Crippen LogP contribution in [0, 0.1) is 0 Å². The second kappa shape index (κ2) is 13.7. The van der Waals surface area contributed by atoms with E-state index in [-0.39, 0.29) is 36.9 Å². The predicted octanol–water partition coefficient (Wildman–Crippen LogP) is 6.88. The van der Waals surface area contributed by atoms with Crippen LogP contribution in [0.5, 0.6) is 0 Å². The van der Waals surface area contributed by atoms with Crippen LogP contribution in [0.25, 0.3) is 0 Å². The third-order valence-electron chi connectivity index (χ3n) is 9.04. The van der Waals surface area contributed by atoms with Crippen LogP contribution >= 0.6 is 0 Å². The summed E-state index contributed by atoms with van der Waals surface area (Å²) < 4.78 is 18.3. The summed E-state index contributed by atoms with van der Waals surface area (Å²) in [5.41, 5.74) is 1.05. The molecule has 3 fully saturated rings. The molecule has 3 aliphatic rings. The molecular weight excluding hydrogens is 597 g/mol. The van der Waals surface area contributed by atoms with E-state index in [4.69, 9.17) is 9.47 Å². The SMILES string of the molecule is CCC[CH2][Sn](/[CH]=C1/CC2(CCC(=O)O2)C(=O)N2C1CC[C@H]2C(=O)OCc1ccccc1)([CH2]CCC)[CH2]CCC. The van der Waals surface area contributed by atoms with Gasteiger partial charge < -0.3 is 0 Å². The summed E-state index contributed by atoms with van der Waals surface area (Å²) in [5, 5.41) is 0. The number of piperidine rings is 1. The van der Waals surface area contributed by atoms with E-state index < -0.39 is 30.0 Å². The summed E-state index contributed by atoms with van der Waals surface area (Å²) in [6.45, 7) is 7.02. The molecule has 1 aromatic rings. The fourth-order valence-electron chi connectivity index (χ4n) is 6.89. The Morgan fingerprint density at radius 1 is 1.03 bits per heavy atom. The molecule has 1 aromatic carbocycles. The van der Waals surface area contributed by atoms with Crippen molar-refractivity contribution in [3.05, 3.63) is 45.6 Å². The fourth-order valence-corrected chi connectivity index (χ4v) is 22.4. The summed E-state index contributed by atoms with van der Waals surface area (Å²) >= 11 is -2.72. The maximum atomic E-state index is 14.0. The molecular formula is C32H47NO5Sn. The third-order valence-corrected chi connectivity index (χ3v) is 23.4. The molecule has 3 atom stereocenters. The van der Waals surface area contributed by atoms with Crippen molar-refractivity contribution in [1.82, 2.24) is 4.90 Å². The van der Waals surface area contributed by atoms with Gasteiger partial charge in [0.15, 0.2) is 0 Å². The Labute approximate surface area is 238 Å². The molecule has 0 N–H and O–H groups in total. The number of carbonyl (C=O) groups is 3. The van der Waals surface area contributed by atoms with Crippen molar-refractivity contribution in [2.24, 2.45) is 0 Å². The normalized spacial score (nSPS) is 25.8. The molecule has 0 radical (unpaired) electrons. The molecule has 6 nitrogen and oxygen atoms in total. The minimum absolute atomic E-state index is 0.0855. The van der Waals surface area contributed by atoms with Gasteiger partial charge in [-0.15, -0.1) is 0 Å². The van der Waals surface area contributed by atoms with Crippen LogP contribution in [-0.4, -0.2) is 58.8 Å². The Morgan fingerprint density at radius 3 is 2.23 bits per heavy atom. The zero-order valence-corrected chi connectivity index (χ0v) is 27.1. The topological polar surface area (TPSA) is 72.9 Å². The Morgan fingerprint density at radius 2 is 1.67 bits per heavy atom. The third kappa shape index (κ3) is 6.91. The zero-order valence-electron chi connectivity index (χ0n) is 24.2. The molecule has 0 aliphatic carbocycles. The van der Waals surface area contributed by atoms with Gasteiger partial charge in [0, 0.05) is 0 Å². The Bertz CT molecular complexity index is 1020. The van der Waals surface area contributed by atoms with Gasteiger partial charge in [0.2, 0.25) is 0 Å². The van der Waals surface area contributed by atoms with Crippen LogP contribution in [0.4, 0.5) is 0 Å².